The first-order valence-corrected chi connectivity index (χ1v) is 12.3. The molecule has 186 valence electrons. The predicted molar refractivity (Wildman–Crippen MR) is 141 cm³/mol. The summed E-state index contributed by atoms with van der Waals surface area (Å²) in [7, 11) is 0. The maximum absolute atomic E-state index is 12.7. The number of Topliss-reactive ketones (excluding diaryl/α,β-unsaturated/α-hetero) is 1. The number of nitrogens with one attached hydrogen (secondary N) is 2. The summed E-state index contributed by atoms with van der Waals surface area (Å²) < 4.78 is 5.41. The molecule has 1 heterocycles. The summed E-state index contributed by atoms with van der Waals surface area (Å²) in [6, 6.07) is 23.4. The highest BCUT2D eigenvalue weighted by Crippen LogP contribution is 2.22. The highest BCUT2D eigenvalue weighted by molar-refractivity contribution is 6.04. The van der Waals surface area contributed by atoms with Gasteiger partial charge in [0.2, 0.25) is 5.91 Å². The number of benzene rings is 3. The summed E-state index contributed by atoms with van der Waals surface area (Å²) >= 11 is 0. The lowest BCUT2D eigenvalue weighted by atomic mass is 9.89. The first-order chi connectivity index (χ1) is 17.5. The van der Waals surface area contributed by atoms with E-state index in [0.29, 0.717) is 36.6 Å². The molecule has 1 fully saturated rings. The molecule has 3 aromatic carbocycles. The smallest absolute Gasteiger partial charge is 0.255 e. The number of anilines is 2. The van der Waals surface area contributed by atoms with Crippen LogP contribution in [0, 0.1) is 5.92 Å². The van der Waals surface area contributed by atoms with Gasteiger partial charge in [0.1, 0.15) is 5.75 Å². The van der Waals surface area contributed by atoms with Crippen molar-refractivity contribution in [1.29, 1.82) is 0 Å². The quantitative estimate of drug-likeness (QED) is 0.422. The van der Waals surface area contributed by atoms with Gasteiger partial charge >= 0.3 is 0 Å². The third kappa shape index (κ3) is 6.79. The average molecular weight is 486 g/mol. The van der Waals surface area contributed by atoms with Crippen molar-refractivity contribution in [3.05, 3.63) is 90.0 Å². The molecule has 3 aromatic rings. The zero-order valence-corrected chi connectivity index (χ0v) is 20.4. The Labute approximate surface area is 211 Å². The number of nitrogens with zero attached hydrogens (tertiary/aromatic N) is 1. The lowest BCUT2D eigenvalue weighted by Crippen LogP contribution is -2.40. The minimum absolute atomic E-state index is 0.00742. The number of ketones is 1. The molecule has 0 unspecified atom stereocenters. The summed E-state index contributed by atoms with van der Waals surface area (Å²) in [5, 5.41) is 5.74. The molecular formula is C29H31N3O4. The van der Waals surface area contributed by atoms with Crippen LogP contribution >= 0.6 is 0 Å². The Kier molecular flexibility index (Phi) is 8.47. The Hall–Kier alpha value is -3.97. The van der Waals surface area contributed by atoms with Crippen LogP contribution in [-0.4, -0.2) is 48.7 Å². The van der Waals surface area contributed by atoms with Crippen LogP contribution in [0.1, 0.15) is 40.5 Å². The van der Waals surface area contributed by atoms with Crippen LogP contribution in [0.3, 0.4) is 0 Å². The van der Waals surface area contributed by atoms with Crippen LogP contribution in [0.2, 0.25) is 0 Å². The summed E-state index contributed by atoms with van der Waals surface area (Å²) in [4.78, 5) is 39.8. The minimum atomic E-state index is -0.232. The molecule has 0 spiro atoms. The number of carbonyl (C=O) groups excluding carboxylic acids is 3. The van der Waals surface area contributed by atoms with Crippen LogP contribution in [0.15, 0.2) is 78.9 Å². The summed E-state index contributed by atoms with van der Waals surface area (Å²) in [5.41, 5.74) is 2.55. The number of carbonyl (C=O) groups is 3. The largest absolute Gasteiger partial charge is 0.494 e. The van der Waals surface area contributed by atoms with E-state index in [9.17, 15) is 14.4 Å². The molecule has 1 aliphatic rings. The lowest BCUT2D eigenvalue weighted by molar-refractivity contribution is -0.117. The van der Waals surface area contributed by atoms with E-state index < -0.39 is 0 Å². The molecule has 36 heavy (non-hydrogen) atoms. The molecule has 2 N–H and O–H groups in total. The van der Waals surface area contributed by atoms with Gasteiger partial charge in [0, 0.05) is 28.4 Å². The topological polar surface area (TPSA) is 87.7 Å². The SMILES string of the molecule is CCOc1ccc(NC(=O)c2ccc(NC(=O)CN3CCC(C(=O)c4ccccc4)CC3)cc2)cc1. The second-order valence-electron chi connectivity index (χ2n) is 8.82. The van der Waals surface area contributed by atoms with Gasteiger partial charge in [0.05, 0.1) is 13.2 Å². The third-order valence-electron chi connectivity index (χ3n) is 6.24. The van der Waals surface area contributed by atoms with Crippen molar-refractivity contribution in [2.45, 2.75) is 19.8 Å². The molecule has 0 saturated carbocycles. The van der Waals surface area contributed by atoms with Gasteiger partial charge in [0.25, 0.3) is 5.91 Å². The number of amides is 2. The van der Waals surface area contributed by atoms with Gasteiger partial charge in [-0.2, -0.15) is 0 Å². The number of hydrogen-bond acceptors (Lipinski definition) is 5. The van der Waals surface area contributed by atoms with Crippen molar-refractivity contribution in [2.75, 3.05) is 36.9 Å². The van der Waals surface area contributed by atoms with E-state index in [2.05, 4.69) is 15.5 Å². The molecule has 4 rings (SSSR count). The van der Waals surface area contributed by atoms with Crippen molar-refractivity contribution < 1.29 is 19.1 Å². The van der Waals surface area contributed by atoms with Crippen molar-refractivity contribution in [2.24, 2.45) is 5.92 Å². The third-order valence-corrected chi connectivity index (χ3v) is 6.24. The first-order valence-electron chi connectivity index (χ1n) is 12.3. The highest BCUT2D eigenvalue weighted by atomic mass is 16.5. The van der Waals surface area contributed by atoms with E-state index >= 15 is 0 Å². The number of rotatable bonds is 9. The van der Waals surface area contributed by atoms with Crippen LogP contribution in [0.25, 0.3) is 0 Å². The molecule has 0 aromatic heterocycles. The van der Waals surface area contributed by atoms with E-state index in [1.807, 2.05) is 37.3 Å². The molecule has 0 atom stereocenters. The minimum Gasteiger partial charge on any atom is -0.494 e. The molecule has 2 amide bonds. The van der Waals surface area contributed by atoms with E-state index in [1.165, 1.54) is 0 Å². The predicted octanol–water partition coefficient (Wildman–Crippen LogP) is 4.87. The van der Waals surface area contributed by atoms with Crippen molar-refractivity contribution in [3.8, 4) is 5.75 Å². The Morgan fingerprint density at radius 3 is 2.06 bits per heavy atom. The van der Waals surface area contributed by atoms with Crippen molar-refractivity contribution >= 4 is 29.0 Å². The Morgan fingerprint density at radius 2 is 1.42 bits per heavy atom. The van der Waals surface area contributed by atoms with Crippen LogP contribution in [0.4, 0.5) is 11.4 Å². The standard InChI is InChI=1S/C29H31N3O4/c1-2-36-26-14-12-25(13-15-26)31-29(35)23-8-10-24(11-9-23)30-27(33)20-32-18-16-22(17-19-32)28(34)21-6-4-3-5-7-21/h3-15,22H,2,16-20H2,1H3,(H,30,33)(H,31,35). The van der Waals surface area contributed by atoms with Crippen molar-refractivity contribution in [3.63, 3.8) is 0 Å². The lowest BCUT2D eigenvalue weighted by Gasteiger charge is -2.30. The molecule has 1 aliphatic heterocycles. The average Bonchev–Trinajstić information content (AvgIpc) is 2.91. The normalized spacial score (nSPS) is 14.1. The van der Waals surface area contributed by atoms with Gasteiger partial charge in [-0.05, 0) is 81.4 Å². The second kappa shape index (κ2) is 12.1. The summed E-state index contributed by atoms with van der Waals surface area (Å²) in [6.45, 7) is 4.19. The fraction of sp³-hybridized carbons (Fsp3) is 0.276. The number of likely N-dealkylation sites (tertiary alicyclic amines) is 1. The molecular weight excluding hydrogens is 454 g/mol. The number of piperidine rings is 1. The Balaban J connectivity index is 1.22. The van der Waals surface area contributed by atoms with Gasteiger partial charge in [-0.3, -0.25) is 19.3 Å². The van der Waals surface area contributed by atoms with Gasteiger partial charge in [-0.15, -0.1) is 0 Å². The molecule has 7 nitrogen and oxygen atoms in total. The first kappa shape index (κ1) is 25.1. The van der Waals surface area contributed by atoms with Gasteiger partial charge in [-0.25, -0.2) is 0 Å². The van der Waals surface area contributed by atoms with E-state index in [4.69, 9.17) is 4.74 Å². The zero-order chi connectivity index (χ0) is 25.3. The number of ether oxygens (including phenoxy) is 1. The van der Waals surface area contributed by atoms with Gasteiger partial charge in [-0.1, -0.05) is 30.3 Å². The fourth-order valence-electron chi connectivity index (χ4n) is 4.30. The monoisotopic (exact) mass is 485 g/mol. The molecule has 0 bridgehead atoms. The Morgan fingerprint density at radius 1 is 0.806 bits per heavy atom. The summed E-state index contributed by atoms with van der Waals surface area (Å²) in [6.07, 6.45) is 1.50. The number of hydrogen-bond donors (Lipinski definition) is 2. The highest BCUT2D eigenvalue weighted by Gasteiger charge is 2.26. The Bertz CT molecular complexity index is 1170. The fourth-order valence-corrected chi connectivity index (χ4v) is 4.30. The maximum atomic E-state index is 12.7. The van der Waals surface area contributed by atoms with Crippen LogP contribution in [0.5, 0.6) is 5.75 Å². The second-order valence-corrected chi connectivity index (χ2v) is 8.82. The van der Waals surface area contributed by atoms with Crippen molar-refractivity contribution in [1.82, 2.24) is 4.90 Å². The molecule has 1 saturated heterocycles. The molecule has 0 radical (unpaired) electrons. The van der Waals surface area contributed by atoms with Gasteiger partial charge < -0.3 is 15.4 Å². The van der Waals surface area contributed by atoms with E-state index in [0.717, 1.165) is 24.2 Å². The molecule has 7 heteroatoms. The van der Waals surface area contributed by atoms with E-state index in [-0.39, 0.29) is 30.1 Å². The molecule has 0 aliphatic carbocycles. The van der Waals surface area contributed by atoms with E-state index in [1.54, 1.807) is 48.5 Å². The summed E-state index contributed by atoms with van der Waals surface area (Å²) in [5.74, 6) is 0.597. The zero-order valence-electron chi connectivity index (χ0n) is 20.4. The van der Waals surface area contributed by atoms with Crippen LogP contribution < -0.4 is 15.4 Å². The van der Waals surface area contributed by atoms with Gasteiger partial charge in [0.15, 0.2) is 5.78 Å². The maximum Gasteiger partial charge on any atom is 0.255 e. The van der Waals surface area contributed by atoms with Crippen LogP contribution in [-0.2, 0) is 4.79 Å².